The van der Waals surface area contributed by atoms with Gasteiger partial charge >= 0.3 is 0 Å². The fourth-order valence-electron chi connectivity index (χ4n) is 2.03. The summed E-state index contributed by atoms with van der Waals surface area (Å²) in [6, 6.07) is 5.66. The van der Waals surface area contributed by atoms with Crippen LogP contribution in [0.15, 0.2) is 18.2 Å². The molecule has 0 radical (unpaired) electrons. The third-order valence-electron chi connectivity index (χ3n) is 3.05. The van der Waals surface area contributed by atoms with Gasteiger partial charge in [-0.05, 0) is 36.6 Å². The summed E-state index contributed by atoms with van der Waals surface area (Å²) < 4.78 is 5.42. The maximum absolute atomic E-state index is 11.9. The highest BCUT2D eigenvalue weighted by Gasteiger charge is 2.14. The second-order valence-electron chi connectivity index (χ2n) is 4.43. The lowest BCUT2D eigenvalue weighted by molar-refractivity contribution is 0.0953. The first-order valence-electron chi connectivity index (χ1n) is 6.41. The van der Waals surface area contributed by atoms with Crippen LogP contribution in [-0.2, 0) is 6.42 Å². The summed E-state index contributed by atoms with van der Waals surface area (Å²) in [6.45, 7) is 1.48. The van der Waals surface area contributed by atoms with Crippen LogP contribution in [0, 0.1) is 0 Å². The Morgan fingerprint density at radius 3 is 3.06 bits per heavy atom. The molecular weight excluding hydrogens is 294 g/mol. The van der Waals surface area contributed by atoms with E-state index in [0.29, 0.717) is 0 Å². The molecular formula is C14H18BrNO2. The number of unbranched alkanes of at least 4 members (excludes halogenated alkanes) is 2. The SMILES string of the molecule is O=C(NCCCCCBr)c1ccc2c(c1)CCO2. The highest BCUT2D eigenvalue weighted by molar-refractivity contribution is 9.09. The normalized spacial score (nSPS) is 12.9. The fraction of sp³-hybridized carbons (Fsp3) is 0.500. The first-order valence-corrected chi connectivity index (χ1v) is 7.53. The Bertz CT molecular complexity index is 420. The lowest BCUT2D eigenvalue weighted by Crippen LogP contribution is -2.24. The lowest BCUT2D eigenvalue weighted by atomic mass is 10.1. The van der Waals surface area contributed by atoms with Gasteiger partial charge in [0.25, 0.3) is 5.91 Å². The summed E-state index contributed by atoms with van der Waals surface area (Å²) >= 11 is 3.40. The van der Waals surface area contributed by atoms with Gasteiger partial charge in [-0.3, -0.25) is 4.79 Å². The Labute approximate surface area is 116 Å². The van der Waals surface area contributed by atoms with Crippen molar-refractivity contribution in [1.29, 1.82) is 0 Å². The molecule has 1 aliphatic rings. The zero-order valence-electron chi connectivity index (χ0n) is 10.4. The second kappa shape index (κ2) is 6.78. The molecule has 1 aromatic carbocycles. The minimum atomic E-state index is 0.0172. The van der Waals surface area contributed by atoms with Crippen molar-refractivity contribution in [3.63, 3.8) is 0 Å². The van der Waals surface area contributed by atoms with E-state index in [1.54, 1.807) is 0 Å². The van der Waals surface area contributed by atoms with Crippen molar-refractivity contribution in [3.8, 4) is 5.75 Å². The number of ether oxygens (including phenoxy) is 1. The zero-order chi connectivity index (χ0) is 12.8. The first kappa shape index (κ1) is 13.4. The van der Waals surface area contributed by atoms with Crippen molar-refractivity contribution in [2.45, 2.75) is 25.7 Å². The highest BCUT2D eigenvalue weighted by Crippen LogP contribution is 2.25. The number of benzene rings is 1. The molecule has 4 heteroatoms. The Balaban J connectivity index is 1.82. The summed E-state index contributed by atoms with van der Waals surface area (Å²) in [7, 11) is 0. The number of amides is 1. The van der Waals surface area contributed by atoms with Gasteiger partial charge in [0.2, 0.25) is 0 Å². The molecule has 0 aliphatic carbocycles. The van der Waals surface area contributed by atoms with Crippen LogP contribution in [0.5, 0.6) is 5.75 Å². The van der Waals surface area contributed by atoms with Crippen LogP contribution in [0.2, 0.25) is 0 Å². The summed E-state index contributed by atoms with van der Waals surface area (Å²) in [5.74, 6) is 0.937. The van der Waals surface area contributed by atoms with Crippen LogP contribution < -0.4 is 10.1 Å². The minimum Gasteiger partial charge on any atom is -0.493 e. The minimum absolute atomic E-state index is 0.0172. The van der Waals surface area contributed by atoms with Crippen molar-refractivity contribution in [2.75, 3.05) is 18.5 Å². The number of carbonyl (C=O) groups excluding carboxylic acids is 1. The number of fused-ring (bicyclic) bond motifs is 1. The topological polar surface area (TPSA) is 38.3 Å². The second-order valence-corrected chi connectivity index (χ2v) is 5.22. The van der Waals surface area contributed by atoms with E-state index in [9.17, 15) is 4.79 Å². The van der Waals surface area contributed by atoms with Gasteiger partial charge in [-0.15, -0.1) is 0 Å². The quantitative estimate of drug-likeness (QED) is 0.648. The fourth-order valence-corrected chi connectivity index (χ4v) is 2.42. The zero-order valence-corrected chi connectivity index (χ0v) is 12.0. The average Bonchev–Trinajstić information content (AvgIpc) is 2.85. The molecule has 0 saturated heterocycles. The highest BCUT2D eigenvalue weighted by atomic mass is 79.9. The third kappa shape index (κ3) is 3.48. The molecule has 18 heavy (non-hydrogen) atoms. The number of carbonyl (C=O) groups is 1. The van der Waals surface area contributed by atoms with E-state index < -0.39 is 0 Å². The van der Waals surface area contributed by atoms with Crippen molar-refractivity contribution in [2.24, 2.45) is 0 Å². The van der Waals surface area contributed by atoms with Gasteiger partial charge in [0.1, 0.15) is 5.75 Å². The molecule has 1 amide bonds. The van der Waals surface area contributed by atoms with Crippen molar-refractivity contribution >= 4 is 21.8 Å². The van der Waals surface area contributed by atoms with E-state index in [1.165, 1.54) is 0 Å². The van der Waals surface area contributed by atoms with E-state index in [4.69, 9.17) is 4.74 Å². The number of hydrogen-bond donors (Lipinski definition) is 1. The van der Waals surface area contributed by atoms with Gasteiger partial charge in [0.15, 0.2) is 0 Å². The van der Waals surface area contributed by atoms with E-state index in [-0.39, 0.29) is 5.91 Å². The van der Waals surface area contributed by atoms with Crippen molar-refractivity contribution < 1.29 is 9.53 Å². The summed E-state index contributed by atoms with van der Waals surface area (Å²) in [5.41, 5.74) is 1.88. The maximum atomic E-state index is 11.9. The Kier molecular flexibility index (Phi) is 5.05. The molecule has 1 heterocycles. The molecule has 0 fully saturated rings. The van der Waals surface area contributed by atoms with Crippen LogP contribution in [0.1, 0.15) is 35.2 Å². The standard InChI is InChI=1S/C14H18BrNO2/c15-7-2-1-3-8-16-14(17)12-4-5-13-11(10-12)6-9-18-13/h4-5,10H,1-3,6-9H2,(H,16,17). The molecule has 0 saturated carbocycles. The number of alkyl halides is 1. The van der Waals surface area contributed by atoms with E-state index in [0.717, 1.165) is 61.0 Å². The van der Waals surface area contributed by atoms with Gasteiger partial charge in [-0.1, -0.05) is 22.4 Å². The van der Waals surface area contributed by atoms with Gasteiger partial charge in [-0.2, -0.15) is 0 Å². The molecule has 2 rings (SSSR count). The number of rotatable bonds is 6. The summed E-state index contributed by atoms with van der Waals surface area (Å²) in [5, 5.41) is 3.99. The molecule has 1 N–H and O–H groups in total. The van der Waals surface area contributed by atoms with Gasteiger partial charge in [-0.25, -0.2) is 0 Å². The van der Waals surface area contributed by atoms with Crippen LogP contribution in [-0.4, -0.2) is 24.4 Å². The molecule has 0 spiro atoms. The molecule has 1 aromatic rings. The number of halogens is 1. The maximum Gasteiger partial charge on any atom is 0.251 e. The monoisotopic (exact) mass is 311 g/mol. The summed E-state index contributed by atoms with van der Waals surface area (Å²) in [4.78, 5) is 11.9. The Morgan fingerprint density at radius 1 is 1.33 bits per heavy atom. The van der Waals surface area contributed by atoms with Crippen LogP contribution in [0.25, 0.3) is 0 Å². The van der Waals surface area contributed by atoms with Gasteiger partial charge in [0.05, 0.1) is 6.61 Å². The van der Waals surface area contributed by atoms with Crippen LogP contribution in [0.4, 0.5) is 0 Å². The molecule has 0 aromatic heterocycles. The molecule has 1 aliphatic heterocycles. The Morgan fingerprint density at radius 2 is 2.22 bits per heavy atom. The smallest absolute Gasteiger partial charge is 0.251 e. The van der Waals surface area contributed by atoms with Crippen LogP contribution >= 0.6 is 15.9 Å². The average molecular weight is 312 g/mol. The largest absolute Gasteiger partial charge is 0.493 e. The summed E-state index contributed by atoms with van der Waals surface area (Å²) in [6.07, 6.45) is 4.24. The molecule has 0 unspecified atom stereocenters. The molecule has 0 atom stereocenters. The number of hydrogen-bond acceptors (Lipinski definition) is 2. The Hall–Kier alpha value is -1.03. The van der Waals surface area contributed by atoms with Crippen molar-refractivity contribution in [1.82, 2.24) is 5.32 Å². The molecule has 0 bridgehead atoms. The van der Waals surface area contributed by atoms with E-state index >= 15 is 0 Å². The molecule has 3 nitrogen and oxygen atoms in total. The van der Waals surface area contributed by atoms with E-state index in [1.807, 2.05) is 18.2 Å². The first-order chi connectivity index (χ1) is 8.81. The third-order valence-corrected chi connectivity index (χ3v) is 3.61. The predicted octanol–water partition coefficient (Wildman–Crippen LogP) is 2.92. The van der Waals surface area contributed by atoms with Crippen LogP contribution in [0.3, 0.4) is 0 Å². The lowest BCUT2D eigenvalue weighted by Gasteiger charge is -2.06. The molecule has 98 valence electrons. The number of nitrogens with one attached hydrogen (secondary N) is 1. The van der Waals surface area contributed by atoms with Crippen molar-refractivity contribution in [3.05, 3.63) is 29.3 Å². The predicted molar refractivity (Wildman–Crippen MR) is 75.6 cm³/mol. The van der Waals surface area contributed by atoms with Gasteiger partial charge in [0, 0.05) is 23.9 Å². The van der Waals surface area contributed by atoms with Gasteiger partial charge < -0.3 is 10.1 Å². The van der Waals surface area contributed by atoms with E-state index in [2.05, 4.69) is 21.2 Å².